The topological polar surface area (TPSA) is 179 Å². The summed E-state index contributed by atoms with van der Waals surface area (Å²) >= 11 is 0. The Morgan fingerprint density at radius 3 is 2.09 bits per heavy atom. The lowest BCUT2D eigenvalue weighted by molar-refractivity contribution is -0.159. The number of benzene rings is 2. The van der Waals surface area contributed by atoms with Crippen LogP contribution in [0.4, 0.5) is 4.39 Å². The van der Waals surface area contributed by atoms with Gasteiger partial charge >= 0.3 is 17.9 Å². The van der Waals surface area contributed by atoms with Gasteiger partial charge in [-0.15, -0.1) is 0 Å². The number of carboxylic acid groups (broad SMARTS) is 2. The fourth-order valence-corrected chi connectivity index (χ4v) is 3.58. The minimum Gasteiger partial charge on any atom is -0.473 e. The number of carbonyl (C=O) groups excluding carboxylic acids is 1. The van der Waals surface area contributed by atoms with E-state index in [9.17, 15) is 22.7 Å². The number of hydrogen-bond acceptors (Lipinski definition) is 8. The Kier molecular flexibility index (Phi) is 11.4. The van der Waals surface area contributed by atoms with Crippen molar-refractivity contribution in [2.45, 2.75) is 30.4 Å². The van der Waals surface area contributed by atoms with Gasteiger partial charge in [-0.1, -0.05) is 30.3 Å². The molecule has 1 unspecified atom stereocenters. The number of β-amino-alcohol motifs (C(OH)–C–C–N with tert-alkyl or cyclic N) is 1. The molecule has 35 heavy (non-hydrogen) atoms. The van der Waals surface area contributed by atoms with E-state index < -0.39 is 45.4 Å². The molecular formula is C22H27FN2O9S. The van der Waals surface area contributed by atoms with Crippen molar-refractivity contribution in [1.29, 1.82) is 0 Å². The van der Waals surface area contributed by atoms with Gasteiger partial charge < -0.3 is 25.4 Å². The highest BCUT2D eigenvalue weighted by molar-refractivity contribution is 7.89. The third-order valence-electron chi connectivity index (χ3n) is 4.26. The summed E-state index contributed by atoms with van der Waals surface area (Å²) in [5.74, 6) is -5.21. The first-order valence-electron chi connectivity index (χ1n) is 10.1. The Bertz CT molecular complexity index is 1100. The zero-order valence-corrected chi connectivity index (χ0v) is 19.8. The molecule has 0 fully saturated rings. The highest BCUT2D eigenvalue weighted by Gasteiger charge is 2.23. The normalized spacial score (nSPS) is 12.1. The molecule has 0 aliphatic heterocycles. The van der Waals surface area contributed by atoms with Gasteiger partial charge in [0.15, 0.2) is 0 Å². The number of aliphatic hydroxyl groups is 1. The maximum atomic E-state index is 13.5. The number of esters is 1. The lowest BCUT2D eigenvalue weighted by atomic mass is 10.1. The van der Waals surface area contributed by atoms with Crippen molar-refractivity contribution in [3.8, 4) is 0 Å². The summed E-state index contributed by atoms with van der Waals surface area (Å²) in [5.41, 5.74) is -0.887. The maximum absolute atomic E-state index is 13.5. The number of nitrogens with one attached hydrogen (secondary N) is 2. The van der Waals surface area contributed by atoms with Crippen LogP contribution in [0.3, 0.4) is 0 Å². The van der Waals surface area contributed by atoms with Crippen molar-refractivity contribution in [2.75, 3.05) is 19.7 Å². The van der Waals surface area contributed by atoms with Gasteiger partial charge in [0.2, 0.25) is 10.0 Å². The van der Waals surface area contributed by atoms with Crippen LogP contribution in [-0.4, -0.2) is 73.0 Å². The minimum atomic E-state index is -3.65. The molecule has 2 rings (SSSR count). The van der Waals surface area contributed by atoms with Crippen LogP contribution in [0.25, 0.3) is 0 Å². The van der Waals surface area contributed by atoms with Gasteiger partial charge in [-0.3, -0.25) is 0 Å². The summed E-state index contributed by atoms with van der Waals surface area (Å²) in [5, 5.41) is 27.8. The molecule has 0 bridgehead atoms. The number of sulfonamides is 1. The first kappa shape index (κ1) is 29.6. The Labute approximate surface area is 201 Å². The standard InChI is InChI=1S/C20H25FN2O5S.C2H2O4/c1-20(2,14-23-29(26,27)16-8-4-3-5-9-16)22-12-15(24)13-28-19(25)17-10-6-7-11-18(17)21;3-1(4)2(5)6/h3-11,15,22-24H,12-14H2,1-2H3;(H,3,4)(H,5,6). The molecule has 2 aromatic carbocycles. The largest absolute Gasteiger partial charge is 0.473 e. The molecule has 11 nitrogen and oxygen atoms in total. The van der Waals surface area contributed by atoms with Gasteiger partial charge in [-0.05, 0) is 38.1 Å². The van der Waals surface area contributed by atoms with Crippen LogP contribution in [0.1, 0.15) is 24.2 Å². The number of aliphatic carboxylic acids is 2. The maximum Gasteiger partial charge on any atom is 0.414 e. The first-order valence-corrected chi connectivity index (χ1v) is 11.6. The number of carboxylic acids is 2. The van der Waals surface area contributed by atoms with Crippen molar-refractivity contribution in [1.82, 2.24) is 10.0 Å². The van der Waals surface area contributed by atoms with Crippen LogP contribution in [0.15, 0.2) is 59.5 Å². The molecule has 0 heterocycles. The molecule has 0 radical (unpaired) electrons. The Morgan fingerprint density at radius 2 is 1.54 bits per heavy atom. The SMILES string of the molecule is CC(C)(CNS(=O)(=O)c1ccccc1)NCC(O)COC(=O)c1ccccc1F.O=C(O)C(=O)O. The molecule has 13 heteroatoms. The van der Waals surface area contributed by atoms with Gasteiger partial charge in [0, 0.05) is 18.6 Å². The van der Waals surface area contributed by atoms with E-state index in [4.69, 9.17) is 24.5 Å². The van der Waals surface area contributed by atoms with Crippen LogP contribution in [0.5, 0.6) is 0 Å². The van der Waals surface area contributed by atoms with Crippen LogP contribution >= 0.6 is 0 Å². The molecule has 0 spiro atoms. The molecule has 192 valence electrons. The molecule has 0 saturated heterocycles. The summed E-state index contributed by atoms with van der Waals surface area (Å²) in [6.45, 7) is 3.32. The van der Waals surface area contributed by atoms with Crippen molar-refractivity contribution >= 4 is 27.9 Å². The number of aliphatic hydroxyl groups excluding tert-OH is 1. The Balaban J connectivity index is 0.000000905. The van der Waals surface area contributed by atoms with Crippen molar-refractivity contribution in [2.24, 2.45) is 0 Å². The molecule has 0 saturated carbocycles. The number of hydrogen-bond donors (Lipinski definition) is 5. The lowest BCUT2D eigenvalue weighted by Gasteiger charge is -2.28. The molecule has 2 aromatic rings. The van der Waals surface area contributed by atoms with E-state index in [1.165, 1.54) is 30.3 Å². The Hall–Kier alpha value is -3.39. The van der Waals surface area contributed by atoms with E-state index in [0.29, 0.717) is 0 Å². The number of rotatable bonds is 10. The molecule has 0 amide bonds. The van der Waals surface area contributed by atoms with Gasteiger partial charge in [0.25, 0.3) is 0 Å². The number of carbonyl (C=O) groups is 3. The van der Waals surface area contributed by atoms with Gasteiger partial charge in [-0.2, -0.15) is 0 Å². The minimum absolute atomic E-state index is 0.0462. The highest BCUT2D eigenvalue weighted by atomic mass is 32.2. The zero-order valence-electron chi connectivity index (χ0n) is 19.0. The summed E-state index contributed by atoms with van der Waals surface area (Å²) in [7, 11) is -3.65. The molecule has 1 atom stereocenters. The lowest BCUT2D eigenvalue weighted by Crippen LogP contribution is -2.51. The van der Waals surface area contributed by atoms with E-state index >= 15 is 0 Å². The fraction of sp³-hybridized carbons (Fsp3) is 0.318. The van der Waals surface area contributed by atoms with Crippen molar-refractivity contribution in [3.05, 3.63) is 66.0 Å². The summed E-state index contributed by atoms with van der Waals surface area (Å²) in [6, 6.07) is 13.4. The second-order valence-corrected chi connectivity index (χ2v) is 9.51. The molecule has 5 N–H and O–H groups in total. The number of ether oxygens (including phenoxy) is 1. The monoisotopic (exact) mass is 514 g/mol. The van der Waals surface area contributed by atoms with Crippen LogP contribution in [-0.2, 0) is 24.3 Å². The summed E-state index contributed by atoms with van der Waals surface area (Å²) in [4.78, 5) is 30.2. The smallest absolute Gasteiger partial charge is 0.414 e. The molecule has 0 aliphatic rings. The zero-order chi connectivity index (χ0) is 26.6. The first-order chi connectivity index (χ1) is 16.2. The van der Waals surface area contributed by atoms with E-state index in [1.807, 2.05) is 0 Å². The van der Waals surface area contributed by atoms with Gasteiger partial charge in [-0.25, -0.2) is 31.9 Å². The molecule has 0 aromatic heterocycles. The summed E-state index contributed by atoms with van der Waals surface area (Å²) in [6.07, 6.45) is -1.05. The van der Waals surface area contributed by atoms with Gasteiger partial charge in [0.1, 0.15) is 18.5 Å². The summed E-state index contributed by atoms with van der Waals surface area (Å²) < 4.78 is 45.5. The van der Waals surface area contributed by atoms with E-state index in [-0.39, 0.29) is 30.2 Å². The fourth-order valence-electron chi connectivity index (χ4n) is 2.35. The average molecular weight is 515 g/mol. The second kappa shape index (κ2) is 13.5. The van der Waals surface area contributed by atoms with E-state index in [2.05, 4.69) is 10.0 Å². The predicted octanol–water partition coefficient (Wildman–Crippen LogP) is 0.846. The highest BCUT2D eigenvalue weighted by Crippen LogP contribution is 2.10. The van der Waals surface area contributed by atoms with Crippen molar-refractivity contribution < 1.29 is 47.2 Å². The van der Waals surface area contributed by atoms with Crippen LogP contribution < -0.4 is 10.0 Å². The molecular weight excluding hydrogens is 487 g/mol. The average Bonchev–Trinajstić information content (AvgIpc) is 2.81. The third kappa shape index (κ3) is 11.1. The van der Waals surface area contributed by atoms with Crippen molar-refractivity contribution in [3.63, 3.8) is 0 Å². The van der Waals surface area contributed by atoms with Crippen LogP contribution in [0, 0.1) is 5.82 Å². The van der Waals surface area contributed by atoms with E-state index in [0.717, 1.165) is 6.07 Å². The Morgan fingerprint density at radius 1 is 1.00 bits per heavy atom. The molecule has 0 aliphatic carbocycles. The number of halogens is 1. The third-order valence-corrected chi connectivity index (χ3v) is 5.67. The van der Waals surface area contributed by atoms with E-state index in [1.54, 1.807) is 32.0 Å². The van der Waals surface area contributed by atoms with Crippen LogP contribution in [0.2, 0.25) is 0 Å². The second-order valence-electron chi connectivity index (χ2n) is 7.74. The quantitative estimate of drug-likeness (QED) is 0.225. The van der Waals surface area contributed by atoms with Gasteiger partial charge in [0.05, 0.1) is 10.5 Å². The predicted molar refractivity (Wildman–Crippen MR) is 122 cm³/mol.